The Morgan fingerprint density at radius 3 is 2.50 bits per heavy atom. The van der Waals surface area contributed by atoms with Gasteiger partial charge in [-0.05, 0) is 24.6 Å². The Labute approximate surface area is 129 Å². The van der Waals surface area contributed by atoms with E-state index < -0.39 is 0 Å². The van der Waals surface area contributed by atoms with E-state index in [0.717, 1.165) is 5.56 Å². The van der Waals surface area contributed by atoms with E-state index in [4.69, 9.17) is 19.4 Å². The normalized spacial score (nSPS) is 11.1. The molecule has 0 aliphatic carbocycles. The molecule has 5 heteroatoms. The van der Waals surface area contributed by atoms with Crippen LogP contribution in [-0.4, -0.2) is 24.6 Å². The lowest BCUT2D eigenvalue weighted by molar-refractivity contribution is 0.282. The molecule has 0 aromatic heterocycles. The van der Waals surface area contributed by atoms with Crippen LogP contribution in [0.4, 0.5) is 0 Å². The molecule has 0 radical (unpaired) electrons. The molecule has 0 unspecified atom stereocenters. The molecule has 116 valence electrons. The third kappa shape index (κ3) is 4.41. The van der Waals surface area contributed by atoms with E-state index >= 15 is 0 Å². The van der Waals surface area contributed by atoms with Crippen LogP contribution in [0, 0.1) is 0 Å². The smallest absolute Gasteiger partial charge is 0.164 e. The predicted molar refractivity (Wildman–Crippen MR) is 84.2 cm³/mol. The van der Waals surface area contributed by atoms with Crippen molar-refractivity contribution >= 4 is 5.71 Å². The van der Waals surface area contributed by atoms with Crippen molar-refractivity contribution in [3.63, 3.8) is 0 Å². The lowest BCUT2D eigenvalue weighted by atomic mass is 10.2. The topological polar surface area (TPSA) is 60.3 Å². The van der Waals surface area contributed by atoms with Gasteiger partial charge in [0.1, 0.15) is 19.0 Å². The summed E-state index contributed by atoms with van der Waals surface area (Å²) in [6, 6.07) is 15.2. The van der Waals surface area contributed by atoms with Crippen molar-refractivity contribution in [3.05, 3.63) is 54.1 Å². The maximum atomic E-state index is 8.60. The first-order valence-corrected chi connectivity index (χ1v) is 6.88. The van der Waals surface area contributed by atoms with Crippen LogP contribution in [0.25, 0.3) is 0 Å². The molecule has 0 fully saturated rings. The highest BCUT2D eigenvalue weighted by Crippen LogP contribution is 2.31. The monoisotopic (exact) mass is 301 g/mol. The van der Waals surface area contributed by atoms with E-state index in [1.807, 2.05) is 30.3 Å². The van der Waals surface area contributed by atoms with Crippen LogP contribution in [0.1, 0.15) is 12.5 Å². The zero-order chi connectivity index (χ0) is 15.8. The first-order valence-electron chi connectivity index (χ1n) is 6.88. The average molecular weight is 301 g/mol. The second kappa shape index (κ2) is 7.93. The SMILES string of the molecule is COc1cc(OCC(C)=NO)ccc1OCc1ccccc1. The van der Waals surface area contributed by atoms with Crippen LogP contribution in [0.3, 0.4) is 0 Å². The standard InChI is InChI=1S/C17H19NO4/c1-13(18-19)11-21-15-8-9-16(17(10-15)20-2)22-12-14-6-4-3-5-7-14/h3-10,19H,11-12H2,1-2H3. The summed E-state index contributed by atoms with van der Waals surface area (Å²) in [7, 11) is 1.58. The third-order valence-corrected chi connectivity index (χ3v) is 2.99. The quantitative estimate of drug-likeness (QED) is 0.483. The van der Waals surface area contributed by atoms with Crippen LogP contribution in [0.5, 0.6) is 17.2 Å². The van der Waals surface area contributed by atoms with Gasteiger partial charge in [-0.3, -0.25) is 0 Å². The van der Waals surface area contributed by atoms with Gasteiger partial charge in [0.2, 0.25) is 0 Å². The lowest BCUT2D eigenvalue weighted by Gasteiger charge is -2.13. The molecule has 2 aromatic rings. The highest BCUT2D eigenvalue weighted by Gasteiger charge is 2.07. The Balaban J connectivity index is 2.02. The van der Waals surface area contributed by atoms with Gasteiger partial charge in [-0.15, -0.1) is 0 Å². The molecule has 0 bridgehead atoms. The Morgan fingerprint density at radius 1 is 1.05 bits per heavy atom. The Morgan fingerprint density at radius 2 is 1.82 bits per heavy atom. The summed E-state index contributed by atoms with van der Waals surface area (Å²) in [6.07, 6.45) is 0. The molecule has 0 aliphatic heterocycles. The molecular formula is C17H19NO4. The first kappa shape index (κ1) is 15.7. The van der Waals surface area contributed by atoms with Crippen molar-refractivity contribution in [1.82, 2.24) is 0 Å². The molecule has 22 heavy (non-hydrogen) atoms. The molecule has 2 rings (SSSR count). The number of hydrogen-bond donors (Lipinski definition) is 1. The van der Waals surface area contributed by atoms with Gasteiger partial charge >= 0.3 is 0 Å². The van der Waals surface area contributed by atoms with Crippen LogP contribution >= 0.6 is 0 Å². The van der Waals surface area contributed by atoms with Gasteiger partial charge in [-0.2, -0.15) is 0 Å². The average Bonchev–Trinajstić information content (AvgIpc) is 2.58. The fourth-order valence-electron chi connectivity index (χ4n) is 1.81. The van der Waals surface area contributed by atoms with E-state index in [-0.39, 0.29) is 6.61 Å². The van der Waals surface area contributed by atoms with E-state index in [9.17, 15) is 0 Å². The molecule has 0 aliphatic rings. The second-order valence-corrected chi connectivity index (χ2v) is 4.71. The largest absolute Gasteiger partial charge is 0.493 e. The van der Waals surface area contributed by atoms with Crippen LogP contribution in [-0.2, 0) is 6.61 Å². The van der Waals surface area contributed by atoms with Crippen molar-refractivity contribution in [1.29, 1.82) is 0 Å². The van der Waals surface area contributed by atoms with Crippen molar-refractivity contribution in [2.45, 2.75) is 13.5 Å². The number of oxime groups is 1. The highest BCUT2D eigenvalue weighted by molar-refractivity contribution is 5.82. The van der Waals surface area contributed by atoms with Crippen molar-refractivity contribution in [2.75, 3.05) is 13.7 Å². The summed E-state index contributed by atoms with van der Waals surface area (Å²) >= 11 is 0. The summed E-state index contributed by atoms with van der Waals surface area (Å²) in [5.74, 6) is 1.85. The van der Waals surface area contributed by atoms with Gasteiger partial charge in [-0.25, -0.2) is 0 Å². The van der Waals surface area contributed by atoms with Gasteiger partial charge in [0.05, 0.1) is 12.8 Å². The maximum Gasteiger partial charge on any atom is 0.164 e. The minimum Gasteiger partial charge on any atom is -0.493 e. The molecule has 5 nitrogen and oxygen atoms in total. The zero-order valence-electron chi connectivity index (χ0n) is 12.7. The number of methoxy groups -OCH3 is 1. The van der Waals surface area contributed by atoms with Crippen molar-refractivity contribution in [2.24, 2.45) is 5.16 Å². The third-order valence-electron chi connectivity index (χ3n) is 2.99. The van der Waals surface area contributed by atoms with Gasteiger partial charge < -0.3 is 19.4 Å². The molecule has 2 aromatic carbocycles. The number of nitrogens with zero attached hydrogens (tertiary/aromatic N) is 1. The molecule has 0 heterocycles. The maximum absolute atomic E-state index is 8.60. The van der Waals surface area contributed by atoms with Crippen LogP contribution < -0.4 is 14.2 Å². The van der Waals surface area contributed by atoms with Gasteiger partial charge in [0, 0.05) is 6.07 Å². The van der Waals surface area contributed by atoms with E-state index in [1.54, 1.807) is 32.2 Å². The molecule has 0 saturated carbocycles. The van der Waals surface area contributed by atoms with Gasteiger partial charge in [0.15, 0.2) is 11.5 Å². The van der Waals surface area contributed by atoms with Gasteiger partial charge in [-0.1, -0.05) is 35.5 Å². The van der Waals surface area contributed by atoms with E-state index in [0.29, 0.717) is 29.6 Å². The molecule has 0 atom stereocenters. The number of hydrogen-bond acceptors (Lipinski definition) is 5. The van der Waals surface area contributed by atoms with E-state index in [2.05, 4.69) is 5.16 Å². The second-order valence-electron chi connectivity index (χ2n) is 4.71. The summed E-state index contributed by atoms with van der Waals surface area (Å²) in [4.78, 5) is 0. The van der Waals surface area contributed by atoms with Crippen LogP contribution in [0.15, 0.2) is 53.7 Å². The Bertz CT molecular complexity index is 626. The Hall–Kier alpha value is -2.69. The lowest BCUT2D eigenvalue weighted by Crippen LogP contribution is -2.07. The summed E-state index contributed by atoms with van der Waals surface area (Å²) in [5, 5.41) is 11.7. The van der Waals surface area contributed by atoms with Gasteiger partial charge in [0.25, 0.3) is 0 Å². The van der Waals surface area contributed by atoms with Crippen LogP contribution in [0.2, 0.25) is 0 Å². The van der Waals surface area contributed by atoms with Crippen molar-refractivity contribution in [3.8, 4) is 17.2 Å². The molecule has 1 N–H and O–H groups in total. The minimum absolute atomic E-state index is 0.212. The number of rotatable bonds is 7. The fourth-order valence-corrected chi connectivity index (χ4v) is 1.81. The van der Waals surface area contributed by atoms with E-state index in [1.165, 1.54) is 0 Å². The molecule has 0 saturated heterocycles. The zero-order valence-corrected chi connectivity index (χ0v) is 12.7. The number of ether oxygens (including phenoxy) is 3. The fraction of sp³-hybridized carbons (Fsp3) is 0.235. The molecular weight excluding hydrogens is 282 g/mol. The summed E-state index contributed by atoms with van der Waals surface area (Å²) < 4.78 is 16.6. The summed E-state index contributed by atoms with van der Waals surface area (Å²) in [6.45, 7) is 2.35. The summed E-state index contributed by atoms with van der Waals surface area (Å²) in [5.41, 5.74) is 1.57. The number of benzene rings is 2. The highest BCUT2D eigenvalue weighted by atomic mass is 16.5. The first-order chi connectivity index (χ1) is 10.7. The minimum atomic E-state index is 0.212. The molecule has 0 amide bonds. The van der Waals surface area contributed by atoms with Crippen molar-refractivity contribution < 1.29 is 19.4 Å². The Kier molecular flexibility index (Phi) is 5.65. The molecule has 0 spiro atoms. The predicted octanol–water partition coefficient (Wildman–Crippen LogP) is 3.50.